The van der Waals surface area contributed by atoms with Gasteiger partial charge in [-0.15, -0.1) is 0 Å². The average molecular weight is 388 g/mol. The lowest BCUT2D eigenvalue weighted by Crippen LogP contribution is -2.31. The third-order valence-electron chi connectivity index (χ3n) is 4.45. The van der Waals surface area contributed by atoms with Gasteiger partial charge < -0.3 is 9.64 Å². The van der Waals surface area contributed by atoms with Gasteiger partial charge in [-0.1, -0.05) is 12.1 Å². The summed E-state index contributed by atoms with van der Waals surface area (Å²) in [5, 5.41) is 0. The monoisotopic (exact) mass is 388 g/mol. The van der Waals surface area contributed by atoms with Crippen molar-refractivity contribution in [2.45, 2.75) is 18.7 Å². The maximum atomic E-state index is 12.6. The number of ether oxygens (including phenoxy) is 1. The molecule has 3 heterocycles. The third-order valence-corrected chi connectivity index (χ3v) is 4.45. The number of hydrogen-bond donors (Lipinski definition) is 0. The van der Waals surface area contributed by atoms with Crippen molar-refractivity contribution in [1.29, 1.82) is 0 Å². The number of carbonyl (C=O) groups is 1. The topological polar surface area (TPSA) is 68.2 Å². The molecular formula is C19H15F3N4O2. The standard InChI is InChI=1S/C19H15F3N4O2/c20-19(21,22)16-6-5-12(9-24-16)18(27)26-8-7-13(11-26)28-17-10-23-14-3-1-2-4-15(14)25-17/h1-6,9-10,13H,7-8,11H2. The van der Waals surface area contributed by atoms with E-state index in [-0.39, 0.29) is 17.6 Å². The van der Waals surface area contributed by atoms with Crippen molar-refractivity contribution >= 4 is 16.9 Å². The fourth-order valence-electron chi connectivity index (χ4n) is 3.05. The Labute approximate surface area is 158 Å². The number of benzene rings is 1. The molecule has 0 saturated carbocycles. The number of pyridine rings is 1. The normalized spacial score (nSPS) is 17.1. The quantitative estimate of drug-likeness (QED) is 0.689. The number of aromatic nitrogens is 3. The van der Waals surface area contributed by atoms with E-state index in [9.17, 15) is 18.0 Å². The van der Waals surface area contributed by atoms with Gasteiger partial charge in [0.2, 0.25) is 5.88 Å². The predicted molar refractivity (Wildman–Crippen MR) is 93.7 cm³/mol. The molecule has 0 N–H and O–H groups in total. The molecule has 144 valence electrons. The maximum absolute atomic E-state index is 12.6. The van der Waals surface area contributed by atoms with Gasteiger partial charge in [-0.2, -0.15) is 13.2 Å². The molecule has 4 rings (SSSR count). The minimum absolute atomic E-state index is 0.110. The number of halogens is 3. The number of rotatable bonds is 3. The van der Waals surface area contributed by atoms with Crippen molar-refractivity contribution in [3.8, 4) is 5.88 Å². The average Bonchev–Trinajstić information content (AvgIpc) is 3.15. The highest BCUT2D eigenvalue weighted by Gasteiger charge is 2.33. The summed E-state index contributed by atoms with van der Waals surface area (Å²) in [4.78, 5) is 26.0. The summed E-state index contributed by atoms with van der Waals surface area (Å²) in [7, 11) is 0. The van der Waals surface area contributed by atoms with Crippen LogP contribution in [0.3, 0.4) is 0 Å². The number of nitrogens with zero attached hydrogens (tertiary/aromatic N) is 4. The highest BCUT2D eigenvalue weighted by molar-refractivity contribution is 5.94. The smallest absolute Gasteiger partial charge is 0.433 e. The van der Waals surface area contributed by atoms with Crippen LogP contribution in [0.5, 0.6) is 5.88 Å². The zero-order valence-electron chi connectivity index (χ0n) is 14.6. The first-order valence-corrected chi connectivity index (χ1v) is 8.61. The zero-order chi connectivity index (χ0) is 19.7. The van der Waals surface area contributed by atoms with Crippen LogP contribution < -0.4 is 4.74 Å². The van der Waals surface area contributed by atoms with E-state index in [2.05, 4.69) is 15.0 Å². The molecule has 9 heteroatoms. The van der Waals surface area contributed by atoms with Gasteiger partial charge in [-0.05, 0) is 24.3 Å². The summed E-state index contributed by atoms with van der Waals surface area (Å²) < 4.78 is 43.6. The largest absolute Gasteiger partial charge is 0.471 e. The van der Waals surface area contributed by atoms with E-state index in [0.717, 1.165) is 23.8 Å². The molecule has 0 spiro atoms. The number of alkyl halides is 3. The lowest BCUT2D eigenvalue weighted by Gasteiger charge is -2.17. The van der Waals surface area contributed by atoms with Crippen molar-refractivity contribution in [3.63, 3.8) is 0 Å². The fraction of sp³-hybridized carbons (Fsp3) is 0.263. The first-order chi connectivity index (χ1) is 13.4. The molecule has 0 radical (unpaired) electrons. The Morgan fingerprint density at radius 1 is 1.07 bits per heavy atom. The number of hydrogen-bond acceptors (Lipinski definition) is 5. The van der Waals surface area contributed by atoms with Crippen LogP contribution in [0.25, 0.3) is 11.0 Å². The molecule has 3 aromatic rings. The minimum atomic E-state index is -4.53. The van der Waals surface area contributed by atoms with E-state index in [1.165, 1.54) is 11.1 Å². The Balaban J connectivity index is 1.41. The first kappa shape index (κ1) is 18.1. The molecule has 1 saturated heterocycles. The van der Waals surface area contributed by atoms with E-state index in [1.807, 2.05) is 24.3 Å². The Morgan fingerprint density at radius 2 is 1.86 bits per heavy atom. The molecule has 2 aromatic heterocycles. The minimum Gasteiger partial charge on any atom is -0.471 e. The molecule has 1 amide bonds. The number of carbonyl (C=O) groups excluding carboxylic acids is 1. The Bertz CT molecular complexity index is 1010. The van der Waals surface area contributed by atoms with Crippen LogP contribution in [-0.2, 0) is 6.18 Å². The molecule has 1 aliphatic heterocycles. The van der Waals surface area contributed by atoms with Gasteiger partial charge in [-0.3, -0.25) is 9.78 Å². The van der Waals surface area contributed by atoms with Crippen molar-refractivity contribution in [3.05, 3.63) is 60.0 Å². The second-order valence-electron chi connectivity index (χ2n) is 6.41. The Kier molecular flexibility index (Phi) is 4.58. The van der Waals surface area contributed by atoms with Crippen LogP contribution >= 0.6 is 0 Å². The van der Waals surface area contributed by atoms with E-state index in [4.69, 9.17) is 4.74 Å². The van der Waals surface area contributed by atoms with Gasteiger partial charge >= 0.3 is 6.18 Å². The summed E-state index contributed by atoms with van der Waals surface area (Å²) >= 11 is 0. The highest BCUT2D eigenvalue weighted by Crippen LogP contribution is 2.27. The van der Waals surface area contributed by atoms with E-state index >= 15 is 0 Å². The Hall–Kier alpha value is -3.23. The molecule has 1 atom stereocenters. The zero-order valence-corrected chi connectivity index (χ0v) is 14.6. The lowest BCUT2D eigenvalue weighted by molar-refractivity contribution is -0.141. The van der Waals surface area contributed by atoms with Gasteiger partial charge in [0.25, 0.3) is 5.91 Å². The fourth-order valence-corrected chi connectivity index (χ4v) is 3.05. The van der Waals surface area contributed by atoms with Gasteiger partial charge in [-0.25, -0.2) is 9.97 Å². The van der Waals surface area contributed by atoms with Crippen LogP contribution in [0, 0.1) is 0 Å². The second-order valence-corrected chi connectivity index (χ2v) is 6.41. The number of fused-ring (bicyclic) bond motifs is 1. The van der Waals surface area contributed by atoms with E-state index in [1.54, 1.807) is 0 Å². The van der Waals surface area contributed by atoms with E-state index in [0.29, 0.717) is 30.9 Å². The number of likely N-dealkylation sites (tertiary alicyclic amines) is 1. The van der Waals surface area contributed by atoms with Crippen LogP contribution in [-0.4, -0.2) is 45.0 Å². The van der Waals surface area contributed by atoms with Crippen LogP contribution in [0.2, 0.25) is 0 Å². The van der Waals surface area contributed by atoms with Crippen LogP contribution in [0.15, 0.2) is 48.8 Å². The summed E-state index contributed by atoms with van der Waals surface area (Å²) in [5.41, 5.74) is 0.551. The first-order valence-electron chi connectivity index (χ1n) is 8.61. The molecule has 0 aliphatic carbocycles. The summed E-state index contributed by atoms with van der Waals surface area (Å²) in [6.45, 7) is 0.750. The van der Waals surface area contributed by atoms with Gasteiger partial charge in [0, 0.05) is 19.2 Å². The molecule has 1 unspecified atom stereocenters. The molecule has 1 fully saturated rings. The molecule has 6 nitrogen and oxygen atoms in total. The lowest BCUT2D eigenvalue weighted by atomic mass is 10.2. The molecular weight excluding hydrogens is 373 g/mol. The van der Waals surface area contributed by atoms with E-state index < -0.39 is 11.9 Å². The Morgan fingerprint density at radius 3 is 2.57 bits per heavy atom. The number of para-hydroxylation sites is 2. The summed E-state index contributed by atoms with van der Waals surface area (Å²) in [5.74, 6) is -0.00823. The molecule has 0 bridgehead atoms. The van der Waals surface area contributed by atoms with Crippen LogP contribution in [0.4, 0.5) is 13.2 Å². The predicted octanol–water partition coefficient (Wildman–Crippen LogP) is 3.34. The van der Waals surface area contributed by atoms with Crippen molar-refractivity contribution in [2.75, 3.05) is 13.1 Å². The summed E-state index contributed by atoms with van der Waals surface area (Å²) in [6, 6.07) is 9.35. The maximum Gasteiger partial charge on any atom is 0.433 e. The number of amides is 1. The summed E-state index contributed by atoms with van der Waals surface area (Å²) in [6.07, 6.45) is -1.72. The van der Waals surface area contributed by atoms with Crippen LogP contribution in [0.1, 0.15) is 22.5 Å². The SMILES string of the molecule is O=C(c1ccc(C(F)(F)F)nc1)N1CCC(Oc2cnc3ccccc3n2)C1. The molecule has 1 aromatic carbocycles. The second kappa shape index (κ2) is 7.06. The highest BCUT2D eigenvalue weighted by atomic mass is 19.4. The van der Waals surface area contributed by atoms with Crippen molar-refractivity contribution < 1.29 is 22.7 Å². The van der Waals surface area contributed by atoms with Crippen molar-refractivity contribution in [1.82, 2.24) is 19.9 Å². The molecule has 28 heavy (non-hydrogen) atoms. The van der Waals surface area contributed by atoms with Gasteiger partial charge in [0.1, 0.15) is 11.8 Å². The molecule has 1 aliphatic rings. The van der Waals surface area contributed by atoms with Crippen molar-refractivity contribution in [2.24, 2.45) is 0 Å². The third kappa shape index (κ3) is 3.73. The van der Waals surface area contributed by atoms with Gasteiger partial charge in [0.05, 0.1) is 29.3 Å². The van der Waals surface area contributed by atoms with Gasteiger partial charge in [0.15, 0.2) is 0 Å².